The highest BCUT2D eigenvalue weighted by molar-refractivity contribution is 6.38. The molecule has 0 radical (unpaired) electrons. The third kappa shape index (κ3) is 16.9. The summed E-state index contributed by atoms with van der Waals surface area (Å²) in [6.07, 6.45) is -8.78. The van der Waals surface area contributed by atoms with E-state index in [0.29, 0.717) is 46.6 Å². The first-order valence-corrected chi connectivity index (χ1v) is 28.4. The number of amides is 9. The van der Waals surface area contributed by atoms with Crippen LogP contribution in [0.4, 0.5) is 35.9 Å². The van der Waals surface area contributed by atoms with E-state index in [1.807, 2.05) is 34.6 Å². The van der Waals surface area contributed by atoms with Crippen LogP contribution in [0.1, 0.15) is 148 Å². The Hall–Kier alpha value is -6.33. The van der Waals surface area contributed by atoms with Crippen LogP contribution in [-0.2, 0) is 62.3 Å². The molecule has 0 aromatic heterocycles. The molecule has 3 aliphatic heterocycles. The number of nitrogens with one attached hydrogen (secondary N) is 3. The largest absolute Gasteiger partial charge is 0.534 e. The number of fused-ring (bicyclic) bond motifs is 2. The molecule has 3 heterocycles. The lowest BCUT2D eigenvalue weighted by Crippen LogP contribution is -2.61. The van der Waals surface area contributed by atoms with Gasteiger partial charge in [0.15, 0.2) is 0 Å². The van der Waals surface area contributed by atoms with Crippen molar-refractivity contribution in [3.63, 3.8) is 0 Å². The molecule has 4 saturated carbocycles. The molecule has 7 fully saturated rings. The van der Waals surface area contributed by atoms with Crippen LogP contribution in [0.25, 0.3) is 0 Å². The lowest BCUT2D eigenvalue weighted by atomic mass is 9.85. The zero-order valence-corrected chi connectivity index (χ0v) is 52.2. The quantitative estimate of drug-likeness (QED) is 0.0478. The molecule has 31 heteroatoms. The number of alkyl carbamates (subject to hydrolysis) is 1. The minimum Gasteiger partial charge on any atom is -0.434 e. The van der Waals surface area contributed by atoms with Crippen LogP contribution in [0.3, 0.4) is 0 Å². The number of carbonyl (C=O) groups is 12. The molecule has 0 bridgehead atoms. The predicted octanol–water partition coefficient (Wildman–Crippen LogP) is 4.44. The maximum Gasteiger partial charge on any atom is 0.534 e. The van der Waals surface area contributed by atoms with Gasteiger partial charge in [-0.15, -0.1) is 12.4 Å². The van der Waals surface area contributed by atoms with E-state index < -0.39 is 136 Å². The molecule has 0 spiro atoms. The van der Waals surface area contributed by atoms with Gasteiger partial charge in [0.2, 0.25) is 46.4 Å². The van der Waals surface area contributed by atoms with Gasteiger partial charge in [-0.05, 0) is 97.7 Å². The smallest absolute Gasteiger partial charge is 0.434 e. The summed E-state index contributed by atoms with van der Waals surface area (Å²) >= 11 is 0. The number of imide groups is 1. The molecule has 492 valence electrons. The van der Waals surface area contributed by atoms with Crippen molar-refractivity contribution in [3.8, 4) is 0 Å². The van der Waals surface area contributed by atoms with Gasteiger partial charge in [0.05, 0.1) is 18.1 Å². The number of halogens is 7. The number of ether oxygens (including phenoxy) is 2. The Morgan fingerprint density at radius 1 is 0.575 bits per heavy atom. The Balaban J connectivity index is 0.000000297. The minimum absolute atomic E-state index is 0. The van der Waals surface area contributed by atoms with Gasteiger partial charge in [0.25, 0.3) is 23.6 Å². The lowest BCUT2D eigenvalue weighted by molar-refractivity contribution is -0.256. The number of hydrogen-bond acceptors (Lipinski definition) is 16. The topological polar surface area (TPSA) is 356 Å². The molecule has 87 heavy (non-hydrogen) atoms. The number of nitrogens with zero attached hydrogens (tertiary/aromatic N) is 3. The van der Waals surface area contributed by atoms with E-state index in [0.717, 1.165) is 25.7 Å². The Labute approximate surface area is 506 Å². The molecule has 4 aliphatic carbocycles. The van der Waals surface area contributed by atoms with Crippen molar-refractivity contribution in [2.24, 2.45) is 74.4 Å². The summed E-state index contributed by atoms with van der Waals surface area (Å²) < 4.78 is 85.5. The molecule has 10 atom stereocenters. The van der Waals surface area contributed by atoms with Gasteiger partial charge in [0, 0.05) is 25.9 Å². The molecule has 7 rings (SSSR count). The number of piperidine rings is 2. The van der Waals surface area contributed by atoms with Crippen LogP contribution >= 0.6 is 12.4 Å². The van der Waals surface area contributed by atoms with Crippen molar-refractivity contribution in [2.45, 2.75) is 208 Å². The molecule has 9 amide bonds. The maximum atomic E-state index is 13.8. The van der Waals surface area contributed by atoms with E-state index in [4.69, 9.17) is 17.2 Å². The van der Waals surface area contributed by atoms with Crippen LogP contribution in [0.15, 0.2) is 0 Å². The highest BCUT2D eigenvalue weighted by Crippen LogP contribution is 2.66. The minimum atomic E-state index is -4.84. The SMILES string of the molecule is CC(C)(C)C(N)C(=O)N1CC2[C@@H]([C@H]1C(=O)NC(CC1CC1)C(=O)C(N)=O)C2(C)C.CC(C)(C)C(NC(=O)OC(C)(C)C(F)(F)F)C(=O)N1CC2[C@@H]([C@H]1C(=O)NC(CC1CC1)C(=O)C(N)=O)C2(C)C.CC(C)(OC(=O)ON1C(=O)CCC1=O)C(F)(F)F.Cl. The van der Waals surface area contributed by atoms with Crippen molar-refractivity contribution < 1.29 is 98.2 Å². The fourth-order valence-corrected chi connectivity index (χ4v) is 11.1. The van der Waals surface area contributed by atoms with Crippen molar-refractivity contribution in [3.05, 3.63) is 0 Å². The van der Waals surface area contributed by atoms with Gasteiger partial charge in [-0.25, -0.2) is 9.59 Å². The number of hydrogen-bond donors (Lipinski definition) is 6. The second-order valence-corrected chi connectivity index (χ2v) is 27.9. The Morgan fingerprint density at radius 2 is 0.931 bits per heavy atom. The second-order valence-electron chi connectivity index (χ2n) is 27.9. The van der Waals surface area contributed by atoms with Crippen LogP contribution in [0.2, 0.25) is 0 Å². The molecule has 3 saturated heterocycles. The van der Waals surface area contributed by atoms with E-state index in [1.54, 1.807) is 25.7 Å². The van der Waals surface area contributed by atoms with E-state index in [2.05, 4.69) is 44.1 Å². The fourth-order valence-electron chi connectivity index (χ4n) is 11.1. The summed E-state index contributed by atoms with van der Waals surface area (Å²) in [6, 6.07) is -5.78. The average molecular weight is 1270 g/mol. The highest BCUT2D eigenvalue weighted by Gasteiger charge is 2.71. The number of likely N-dealkylation sites (tertiary alicyclic amines) is 2. The van der Waals surface area contributed by atoms with E-state index in [-0.39, 0.29) is 89.6 Å². The number of ketones is 2. The van der Waals surface area contributed by atoms with Crippen molar-refractivity contribution in [1.29, 1.82) is 0 Å². The first kappa shape index (κ1) is 73.1. The number of hydroxylamine groups is 2. The molecular weight excluding hydrogens is 1190 g/mol. The maximum absolute atomic E-state index is 13.8. The van der Waals surface area contributed by atoms with Gasteiger partial charge in [-0.1, -0.05) is 100.0 Å². The molecule has 9 N–H and O–H groups in total. The number of Topliss-reactive ketones (excluding diaryl/α,β-unsaturated/α-hetero) is 2. The first-order valence-electron chi connectivity index (χ1n) is 28.4. The highest BCUT2D eigenvalue weighted by atomic mass is 35.5. The molecule has 0 aromatic carbocycles. The number of alkyl halides is 6. The lowest BCUT2D eigenvalue weighted by Gasteiger charge is -2.38. The van der Waals surface area contributed by atoms with E-state index in [9.17, 15) is 83.9 Å². The normalized spacial score (nSPS) is 24.9. The summed E-state index contributed by atoms with van der Waals surface area (Å²) in [5, 5.41) is 7.77. The molecule has 24 nitrogen and oxygen atoms in total. The standard InChI is InChI=1S/C26H39F3N4O6.C21H34N4O4.C9H10F3NO5.ClH/c1-23(2,3)18(32-22(38)39-25(6,7)26(27,28)29)21(37)33-11-13-15(24(13,4)5)16(33)20(36)31-14(10-12-8-9-12)17(34)19(30)35;1-20(2,3)16(22)19(29)25-9-11-13(21(11,4)5)14(25)18(28)24-12(8-10-6-7-10)15(26)17(23)27;1-8(2,9(10,11)12)17-7(16)18-13-5(14)3-4-6(13)15;/h12-16,18H,8-11H2,1-7H3,(H2,30,35)(H,31,36)(H,32,38);10-14,16H,6-9,22H2,1-5H3,(H2,23,27)(H,24,28);3-4H2,1-2H3;1H/t13?,14?,15-,16-,18?;11?,12?,13-,14-,16?;;/m00../s1. The predicted molar refractivity (Wildman–Crippen MR) is 296 cm³/mol. The summed E-state index contributed by atoms with van der Waals surface area (Å²) in [7, 11) is 0. The second kappa shape index (κ2) is 25.6. The van der Waals surface area contributed by atoms with E-state index >= 15 is 0 Å². The first-order chi connectivity index (χ1) is 38.9. The van der Waals surface area contributed by atoms with Gasteiger partial charge in [-0.2, -0.15) is 26.3 Å². The molecule has 0 aromatic rings. The average Bonchev–Trinajstić information content (AvgIpc) is 1.54. The monoisotopic (exact) mass is 1270 g/mol. The zero-order valence-electron chi connectivity index (χ0n) is 51.4. The third-order valence-electron chi connectivity index (χ3n) is 17.6. The number of carbonyl (C=O) groups excluding carboxylic acids is 12. The van der Waals surface area contributed by atoms with Gasteiger partial charge in [-0.3, -0.25) is 52.8 Å². The molecule has 6 unspecified atom stereocenters. The summed E-state index contributed by atoms with van der Waals surface area (Å²) in [5.74, 6) is -6.96. The van der Waals surface area contributed by atoms with Crippen LogP contribution in [0.5, 0.6) is 0 Å². The fraction of sp³-hybridized carbons (Fsp3) is 0.786. The number of rotatable bonds is 18. The van der Waals surface area contributed by atoms with Crippen molar-refractivity contribution >= 4 is 83.5 Å². The van der Waals surface area contributed by atoms with Gasteiger partial charge < -0.3 is 52.4 Å². The van der Waals surface area contributed by atoms with Crippen molar-refractivity contribution in [2.75, 3.05) is 13.1 Å². The van der Waals surface area contributed by atoms with Crippen LogP contribution < -0.4 is 33.2 Å². The Bertz CT molecular complexity index is 2720. The third-order valence-corrected chi connectivity index (χ3v) is 17.6. The Kier molecular flexibility index (Phi) is 21.6. The van der Waals surface area contributed by atoms with Gasteiger partial charge in [0.1, 0.15) is 18.1 Å². The van der Waals surface area contributed by atoms with Crippen molar-refractivity contribution in [1.82, 2.24) is 30.8 Å². The number of nitrogens with two attached hydrogens (primary N) is 3. The summed E-state index contributed by atoms with van der Waals surface area (Å²) in [5.41, 5.74) is 9.26. The van der Waals surface area contributed by atoms with Gasteiger partial charge >= 0.3 is 24.6 Å². The van der Waals surface area contributed by atoms with Crippen LogP contribution in [-0.4, -0.2) is 159 Å². The Morgan fingerprint density at radius 3 is 1.25 bits per heavy atom. The number of primary amides is 2. The van der Waals surface area contributed by atoms with E-state index in [1.165, 1.54) is 4.90 Å². The van der Waals surface area contributed by atoms with Crippen LogP contribution in [0, 0.1) is 57.2 Å². The zero-order chi connectivity index (χ0) is 65.9. The molecular formula is C56H84ClF6N9O15. The summed E-state index contributed by atoms with van der Waals surface area (Å²) in [6.45, 7) is 21.9. The summed E-state index contributed by atoms with van der Waals surface area (Å²) in [4.78, 5) is 154. The molecule has 7 aliphatic rings.